The zero-order valence-corrected chi connectivity index (χ0v) is 12.7. The molecule has 1 fully saturated rings. The first-order valence-electron chi connectivity index (χ1n) is 7.16. The van der Waals surface area contributed by atoms with Gasteiger partial charge in [-0.1, -0.05) is 35.9 Å². The normalized spacial score (nSPS) is 15.8. The Balaban J connectivity index is 1.91. The van der Waals surface area contributed by atoms with Crippen molar-refractivity contribution >= 4 is 11.6 Å². The van der Waals surface area contributed by atoms with E-state index in [4.69, 9.17) is 22.2 Å². The smallest absolute Gasteiger partial charge is 0.120 e. The number of halogens is 1. The van der Waals surface area contributed by atoms with E-state index < -0.39 is 0 Å². The molecule has 3 rings (SSSR count). The summed E-state index contributed by atoms with van der Waals surface area (Å²) in [4.78, 5) is 0. The zero-order chi connectivity index (χ0) is 14.8. The topological polar surface area (TPSA) is 47.3 Å². The molecule has 3 N–H and O–H groups in total. The summed E-state index contributed by atoms with van der Waals surface area (Å²) in [5.74, 6) is 6.65. The number of hydrogen-bond donors (Lipinski definition) is 2. The van der Waals surface area contributed by atoms with Crippen LogP contribution < -0.4 is 16.0 Å². The quantitative estimate of drug-likeness (QED) is 0.653. The van der Waals surface area contributed by atoms with Crippen molar-refractivity contribution in [2.45, 2.75) is 31.9 Å². The maximum Gasteiger partial charge on any atom is 0.120 e. The van der Waals surface area contributed by atoms with Crippen LogP contribution in [0.4, 0.5) is 0 Å². The van der Waals surface area contributed by atoms with Crippen LogP contribution in [0, 0.1) is 6.92 Å². The zero-order valence-electron chi connectivity index (χ0n) is 12.0. The van der Waals surface area contributed by atoms with Crippen LogP contribution in [0.5, 0.6) is 5.75 Å². The summed E-state index contributed by atoms with van der Waals surface area (Å²) in [6.45, 7) is 2.02. The minimum Gasteiger partial charge on any atom is -0.490 e. The molecule has 4 heteroatoms. The van der Waals surface area contributed by atoms with Crippen molar-refractivity contribution in [3.05, 3.63) is 64.2 Å². The van der Waals surface area contributed by atoms with E-state index in [0.717, 1.165) is 35.3 Å². The number of hydrogen-bond acceptors (Lipinski definition) is 3. The summed E-state index contributed by atoms with van der Waals surface area (Å²) in [6, 6.07) is 13.9. The fourth-order valence-corrected chi connectivity index (χ4v) is 2.72. The van der Waals surface area contributed by atoms with Gasteiger partial charge in [0.1, 0.15) is 5.75 Å². The Morgan fingerprint density at radius 2 is 2.05 bits per heavy atom. The molecule has 2 aromatic carbocycles. The summed E-state index contributed by atoms with van der Waals surface area (Å²) in [7, 11) is 0. The highest BCUT2D eigenvalue weighted by Crippen LogP contribution is 2.32. The van der Waals surface area contributed by atoms with E-state index in [2.05, 4.69) is 5.43 Å². The van der Waals surface area contributed by atoms with Crippen LogP contribution in [0.1, 0.15) is 35.6 Å². The van der Waals surface area contributed by atoms with Crippen molar-refractivity contribution in [3.8, 4) is 5.75 Å². The minimum atomic E-state index is -0.152. The molecule has 1 unspecified atom stereocenters. The molecule has 0 heterocycles. The van der Waals surface area contributed by atoms with Gasteiger partial charge in [0.05, 0.1) is 12.1 Å². The highest BCUT2D eigenvalue weighted by molar-refractivity contribution is 6.31. The molecule has 21 heavy (non-hydrogen) atoms. The summed E-state index contributed by atoms with van der Waals surface area (Å²) in [6.07, 6.45) is 2.67. The number of ether oxygens (including phenoxy) is 1. The SMILES string of the molecule is Cc1ccc(C(NN)c2cccc(OC3CC3)c2)c(Cl)c1. The number of hydrazine groups is 1. The van der Waals surface area contributed by atoms with Crippen LogP contribution in [0.25, 0.3) is 0 Å². The molecule has 0 aromatic heterocycles. The molecular weight excluding hydrogens is 284 g/mol. The molecule has 2 aromatic rings. The van der Waals surface area contributed by atoms with E-state index in [1.165, 1.54) is 0 Å². The van der Waals surface area contributed by atoms with E-state index in [-0.39, 0.29) is 6.04 Å². The number of aryl methyl sites for hydroxylation is 1. The average Bonchev–Trinajstić information content (AvgIpc) is 3.26. The largest absolute Gasteiger partial charge is 0.490 e. The molecule has 0 bridgehead atoms. The number of rotatable bonds is 5. The van der Waals surface area contributed by atoms with Crippen molar-refractivity contribution in [2.24, 2.45) is 5.84 Å². The Kier molecular flexibility index (Phi) is 4.15. The van der Waals surface area contributed by atoms with Gasteiger partial charge in [-0.3, -0.25) is 5.84 Å². The standard InChI is InChI=1S/C17H19ClN2O/c1-11-5-8-15(16(18)9-11)17(20-19)12-3-2-4-14(10-12)21-13-6-7-13/h2-5,8-10,13,17,20H,6-7,19H2,1H3. The van der Waals surface area contributed by atoms with Gasteiger partial charge in [-0.2, -0.15) is 0 Å². The van der Waals surface area contributed by atoms with Gasteiger partial charge in [-0.15, -0.1) is 0 Å². The van der Waals surface area contributed by atoms with E-state index >= 15 is 0 Å². The van der Waals surface area contributed by atoms with Crippen molar-refractivity contribution in [1.29, 1.82) is 0 Å². The lowest BCUT2D eigenvalue weighted by Crippen LogP contribution is -2.29. The molecule has 1 aliphatic carbocycles. The molecule has 0 aliphatic heterocycles. The number of benzene rings is 2. The van der Waals surface area contributed by atoms with Gasteiger partial charge in [-0.05, 0) is 54.7 Å². The highest BCUT2D eigenvalue weighted by Gasteiger charge is 2.24. The van der Waals surface area contributed by atoms with Gasteiger partial charge in [0.15, 0.2) is 0 Å². The van der Waals surface area contributed by atoms with Gasteiger partial charge in [0, 0.05) is 5.02 Å². The second-order valence-corrected chi connectivity index (χ2v) is 5.92. The molecule has 0 radical (unpaired) electrons. The van der Waals surface area contributed by atoms with Crippen molar-refractivity contribution < 1.29 is 4.74 Å². The predicted octanol–water partition coefficient (Wildman–Crippen LogP) is 3.74. The minimum absolute atomic E-state index is 0.152. The Morgan fingerprint density at radius 3 is 2.71 bits per heavy atom. The maximum absolute atomic E-state index is 6.36. The van der Waals surface area contributed by atoms with Gasteiger partial charge < -0.3 is 4.74 Å². The number of nitrogens with one attached hydrogen (secondary N) is 1. The summed E-state index contributed by atoms with van der Waals surface area (Å²) >= 11 is 6.36. The molecule has 110 valence electrons. The van der Waals surface area contributed by atoms with E-state index in [1.54, 1.807) is 0 Å². The van der Waals surface area contributed by atoms with Gasteiger partial charge in [-0.25, -0.2) is 5.43 Å². The molecule has 0 amide bonds. The third-order valence-electron chi connectivity index (χ3n) is 3.65. The van der Waals surface area contributed by atoms with Crippen LogP contribution >= 0.6 is 11.6 Å². The Labute approximate surface area is 130 Å². The van der Waals surface area contributed by atoms with Crippen LogP contribution in [-0.2, 0) is 0 Å². The second-order valence-electron chi connectivity index (χ2n) is 5.51. The Hall–Kier alpha value is -1.55. The van der Waals surface area contributed by atoms with Gasteiger partial charge in [0.25, 0.3) is 0 Å². The first-order chi connectivity index (χ1) is 10.2. The van der Waals surface area contributed by atoms with Crippen molar-refractivity contribution in [1.82, 2.24) is 5.43 Å². The second kappa shape index (κ2) is 6.06. The fourth-order valence-electron chi connectivity index (χ4n) is 2.38. The number of nitrogens with two attached hydrogens (primary N) is 1. The van der Waals surface area contributed by atoms with E-state index in [9.17, 15) is 0 Å². The highest BCUT2D eigenvalue weighted by atomic mass is 35.5. The first kappa shape index (κ1) is 14.4. The Morgan fingerprint density at radius 1 is 1.24 bits per heavy atom. The summed E-state index contributed by atoms with van der Waals surface area (Å²) in [5.41, 5.74) is 5.99. The van der Waals surface area contributed by atoms with E-state index in [0.29, 0.717) is 11.1 Å². The van der Waals surface area contributed by atoms with Gasteiger partial charge in [0.2, 0.25) is 0 Å². The Bertz CT molecular complexity index is 640. The van der Waals surface area contributed by atoms with Crippen LogP contribution in [-0.4, -0.2) is 6.10 Å². The molecule has 1 atom stereocenters. The van der Waals surface area contributed by atoms with Crippen LogP contribution in [0.3, 0.4) is 0 Å². The molecule has 3 nitrogen and oxygen atoms in total. The van der Waals surface area contributed by atoms with Crippen molar-refractivity contribution in [2.75, 3.05) is 0 Å². The summed E-state index contributed by atoms with van der Waals surface area (Å²) in [5, 5.41) is 0.714. The molecular formula is C17H19ClN2O. The molecule has 0 saturated heterocycles. The van der Waals surface area contributed by atoms with E-state index in [1.807, 2.05) is 49.4 Å². The third kappa shape index (κ3) is 3.38. The monoisotopic (exact) mass is 302 g/mol. The average molecular weight is 303 g/mol. The first-order valence-corrected chi connectivity index (χ1v) is 7.54. The lowest BCUT2D eigenvalue weighted by Gasteiger charge is -2.19. The maximum atomic E-state index is 6.36. The molecule has 1 aliphatic rings. The third-order valence-corrected chi connectivity index (χ3v) is 3.98. The molecule has 0 spiro atoms. The molecule has 1 saturated carbocycles. The van der Waals surface area contributed by atoms with Crippen LogP contribution in [0.15, 0.2) is 42.5 Å². The van der Waals surface area contributed by atoms with Crippen LogP contribution in [0.2, 0.25) is 5.02 Å². The summed E-state index contributed by atoms with van der Waals surface area (Å²) < 4.78 is 5.84. The van der Waals surface area contributed by atoms with Gasteiger partial charge >= 0.3 is 0 Å². The fraction of sp³-hybridized carbons (Fsp3) is 0.294. The predicted molar refractivity (Wildman–Crippen MR) is 85.4 cm³/mol. The lowest BCUT2D eigenvalue weighted by molar-refractivity contribution is 0.302. The van der Waals surface area contributed by atoms with Crippen molar-refractivity contribution in [3.63, 3.8) is 0 Å². The lowest BCUT2D eigenvalue weighted by atomic mass is 9.98.